The van der Waals surface area contributed by atoms with Crippen molar-refractivity contribution in [1.29, 1.82) is 0 Å². The number of methoxy groups -OCH3 is 1. The Hall–Kier alpha value is -1.83. The number of fused-ring (bicyclic) bond motifs is 1. The normalized spacial score (nSPS) is 70.1. The third-order valence-electron chi connectivity index (χ3n) is 25.2. The van der Waals surface area contributed by atoms with E-state index in [4.69, 9.17) is 4.74 Å². The number of carbonyl (C=O) groups is 1. The molecule has 1 aromatic carbocycles. The van der Waals surface area contributed by atoms with Crippen LogP contribution in [0.2, 0.25) is 0 Å². The highest BCUT2D eigenvalue weighted by molar-refractivity contribution is 5.69. The molecule has 1 aromatic rings. The van der Waals surface area contributed by atoms with E-state index < -0.39 is 0 Å². The summed E-state index contributed by atoms with van der Waals surface area (Å²) >= 11 is 0. The molecule has 17 aliphatic carbocycles. The molecule has 0 radical (unpaired) electrons. The summed E-state index contributed by atoms with van der Waals surface area (Å²) in [6.45, 7) is 0. The van der Waals surface area contributed by atoms with Crippen LogP contribution in [0, 0.1) is 165 Å². The molecule has 0 bridgehead atoms. The minimum atomic E-state index is 0.0190. The van der Waals surface area contributed by atoms with Crippen molar-refractivity contribution in [1.82, 2.24) is 0 Å². The van der Waals surface area contributed by atoms with Gasteiger partial charge in [0.1, 0.15) is 0 Å². The van der Waals surface area contributed by atoms with Gasteiger partial charge >= 0.3 is 5.97 Å². The zero-order valence-corrected chi connectivity index (χ0v) is 31.4. The third-order valence-corrected chi connectivity index (χ3v) is 25.2. The Kier molecular flexibility index (Phi) is 4.18. The Morgan fingerprint density at radius 1 is 0.679 bits per heavy atom. The van der Waals surface area contributed by atoms with Crippen molar-refractivity contribution in [2.24, 2.45) is 165 Å². The van der Waals surface area contributed by atoms with Crippen molar-refractivity contribution in [2.45, 2.75) is 69.6 Å². The zero-order chi connectivity index (χ0) is 33.5. The molecular weight excluding hydrogens is 645 g/mol. The van der Waals surface area contributed by atoms with E-state index in [0.717, 1.165) is 166 Å². The molecule has 18 rings (SSSR count). The van der Waals surface area contributed by atoms with Gasteiger partial charge in [0.05, 0.1) is 7.11 Å². The standard InChI is InChI=1S/C51H56O2/c1-53-27(52)8-5-9-50(25-6-3-2-4-7-25)49-26-16-23-14-20-12-21-11-18-10-19-13-22-15-24-17-51(49,50)48-34(24)39-33(22)38-29(19)28(18)36-32(21)37-30(20)31(23)40-35(26)47(48)46-44(39)42(38)41(36)43(37)45(40)46/h2-4,6-7,15,19-21,23-24,26,29-49H,5,8-14,16-17H2,1H3. The van der Waals surface area contributed by atoms with Crippen LogP contribution in [-0.2, 0) is 14.9 Å². The van der Waals surface area contributed by atoms with E-state index in [-0.39, 0.29) is 11.4 Å². The van der Waals surface area contributed by atoms with E-state index in [1.807, 2.05) is 0 Å². The van der Waals surface area contributed by atoms with Gasteiger partial charge in [0, 0.05) is 11.8 Å². The summed E-state index contributed by atoms with van der Waals surface area (Å²) in [7, 11) is 1.61. The summed E-state index contributed by atoms with van der Waals surface area (Å²) in [6, 6.07) is 12.3. The molecule has 0 amide bonds. The molecule has 0 N–H and O–H groups in total. The predicted octanol–water partition coefficient (Wildman–Crippen LogP) is 9.08. The lowest BCUT2D eigenvalue weighted by Crippen LogP contribution is -2.58. The van der Waals surface area contributed by atoms with Gasteiger partial charge < -0.3 is 4.74 Å². The zero-order valence-electron chi connectivity index (χ0n) is 31.4. The number of benzene rings is 1. The van der Waals surface area contributed by atoms with Gasteiger partial charge in [0.2, 0.25) is 0 Å². The fourth-order valence-electron chi connectivity index (χ4n) is 26.8. The van der Waals surface area contributed by atoms with Crippen molar-refractivity contribution >= 4 is 5.97 Å². The monoisotopic (exact) mass is 700 g/mol. The van der Waals surface area contributed by atoms with Gasteiger partial charge in [0.15, 0.2) is 0 Å². The van der Waals surface area contributed by atoms with Crippen LogP contribution in [0.5, 0.6) is 0 Å². The molecular formula is C51H56O2. The van der Waals surface area contributed by atoms with E-state index in [9.17, 15) is 4.79 Å². The molecule has 14 saturated carbocycles. The maximum atomic E-state index is 12.8. The second-order valence-corrected chi connectivity index (χ2v) is 24.3. The highest BCUT2D eigenvalue weighted by Crippen LogP contribution is 2.98. The maximum absolute atomic E-state index is 12.8. The van der Waals surface area contributed by atoms with Gasteiger partial charge in [-0.3, -0.25) is 4.79 Å². The first-order valence-electron chi connectivity index (χ1n) is 23.7. The Morgan fingerprint density at radius 2 is 1.40 bits per heavy atom. The number of carbonyl (C=O) groups excluding carboxylic acids is 1. The van der Waals surface area contributed by atoms with Crippen molar-refractivity contribution < 1.29 is 9.53 Å². The summed E-state index contributed by atoms with van der Waals surface area (Å²) in [6.07, 6.45) is 17.0. The van der Waals surface area contributed by atoms with Crippen LogP contribution in [0.25, 0.3) is 0 Å². The van der Waals surface area contributed by atoms with Crippen LogP contribution in [0.1, 0.15) is 69.8 Å². The van der Waals surface area contributed by atoms with Gasteiger partial charge in [-0.05, 0) is 229 Å². The van der Waals surface area contributed by atoms with Gasteiger partial charge in [0.25, 0.3) is 0 Å². The first-order valence-corrected chi connectivity index (χ1v) is 23.7. The largest absolute Gasteiger partial charge is 0.469 e. The Morgan fingerprint density at radius 3 is 2.26 bits per heavy atom. The third kappa shape index (κ3) is 2.34. The second kappa shape index (κ2) is 8.00. The lowest BCUT2D eigenvalue weighted by molar-refractivity contribution is -0.145. The van der Waals surface area contributed by atoms with E-state index >= 15 is 0 Å². The molecule has 0 saturated heterocycles. The quantitative estimate of drug-likeness (QED) is 0.226. The van der Waals surface area contributed by atoms with Gasteiger partial charge in [-0.2, -0.15) is 0 Å². The van der Waals surface area contributed by atoms with Gasteiger partial charge in [-0.15, -0.1) is 0 Å². The second-order valence-electron chi connectivity index (χ2n) is 24.3. The predicted molar refractivity (Wildman–Crippen MR) is 198 cm³/mol. The smallest absolute Gasteiger partial charge is 0.305 e. The van der Waals surface area contributed by atoms with Crippen molar-refractivity contribution in [2.75, 3.05) is 7.11 Å². The number of ether oxygens (including phenoxy) is 1. The molecule has 29 atom stereocenters. The SMILES string of the molecule is COC(=O)CCCC1(c2ccccc2)C2C3CC4CC5CC6CC7=C8C9C(CC%10=CC%11CC21C1C%11C2C%10C9C9C%10C8C6C6C5C4C4C3C1C(C29)C4C%106)C7. The minimum absolute atomic E-state index is 0.0190. The Bertz CT molecular complexity index is 2100. The molecule has 0 aromatic heterocycles. The summed E-state index contributed by atoms with van der Waals surface area (Å²) < 4.78 is 5.32. The Labute approximate surface area is 315 Å². The number of esters is 1. The van der Waals surface area contributed by atoms with Crippen LogP contribution in [-0.4, -0.2) is 13.1 Å². The summed E-state index contributed by atoms with van der Waals surface area (Å²) in [4.78, 5) is 12.8. The molecule has 2 nitrogen and oxygen atoms in total. The molecule has 29 unspecified atom stereocenters. The van der Waals surface area contributed by atoms with E-state index in [2.05, 4.69) is 53.1 Å². The molecule has 14 fully saturated rings. The maximum Gasteiger partial charge on any atom is 0.305 e. The highest BCUT2D eigenvalue weighted by atomic mass is 16.5. The lowest BCUT2D eigenvalue weighted by atomic mass is 9.43. The Balaban J connectivity index is 0.940. The van der Waals surface area contributed by atoms with E-state index in [1.54, 1.807) is 38.4 Å². The number of hydrogen-bond donors (Lipinski definition) is 0. The summed E-state index contributed by atoms with van der Waals surface area (Å²) in [5.74, 6) is 28.4. The van der Waals surface area contributed by atoms with Crippen LogP contribution in [0.4, 0.5) is 0 Å². The van der Waals surface area contributed by atoms with Gasteiger partial charge in [-0.25, -0.2) is 0 Å². The molecule has 17 aliphatic rings. The van der Waals surface area contributed by atoms with Crippen LogP contribution >= 0.6 is 0 Å². The molecule has 0 heterocycles. The molecule has 53 heavy (non-hydrogen) atoms. The van der Waals surface area contributed by atoms with Crippen LogP contribution in [0.15, 0.2) is 53.1 Å². The highest BCUT2D eigenvalue weighted by Gasteiger charge is 2.94. The van der Waals surface area contributed by atoms with Gasteiger partial charge in [-0.1, -0.05) is 53.1 Å². The topological polar surface area (TPSA) is 26.3 Å². The first kappa shape index (κ1) is 27.7. The minimum Gasteiger partial charge on any atom is -0.469 e. The molecule has 272 valence electrons. The van der Waals surface area contributed by atoms with Crippen LogP contribution in [0.3, 0.4) is 0 Å². The van der Waals surface area contributed by atoms with E-state index in [1.165, 1.54) is 25.7 Å². The van der Waals surface area contributed by atoms with E-state index in [0.29, 0.717) is 11.8 Å². The molecule has 2 heteroatoms. The molecule has 0 aliphatic heterocycles. The first-order chi connectivity index (χ1) is 26.2. The summed E-state index contributed by atoms with van der Waals surface area (Å²) in [5, 5.41) is 0. The average Bonchev–Trinajstić information content (AvgIpc) is 3.86. The fourth-order valence-corrected chi connectivity index (χ4v) is 26.8. The van der Waals surface area contributed by atoms with Crippen molar-refractivity contribution in [3.8, 4) is 0 Å². The number of allylic oxidation sites excluding steroid dienone is 4. The molecule has 1 spiro atoms. The lowest BCUT2D eigenvalue weighted by Gasteiger charge is -2.61. The van der Waals surface area contributed by atoms with Crippen molar-refractivity contribution in [3.63, 3.8) is 0 Å². The fraction of sp³-hybridized carbons (Fsp3) is 0.784. The average molecular weight is 701 g/mol. The van der Waals surface area contributed by atoms with Crippen LogP contribution < -0.4 is 0 Å². The van der Waals surface area contributed by atoms with Crippen molar-refractivity contribution in [3.05, 3.63) is 58.7 Å². The summed E-state index contributed by atoms with van der Waals surface area (Å²) in [5.41, 5.74) is 8.90. The number of rotatable bonds is 5. The number of hydrogen-bond acceptors (Lipinski definition) is 2.